The number of likely N-dealkylation sites (tertiary alicyclic amines) is 1. The van der Waals surface area contributed by atoms with Crippen molar-refractivity contribution in [2.24, 2.45) is 5.92 Å². The van der Waals surface area contributed by atoms with E-state index in [4.69, 9.17) is 16.3 Å². The second kappa shape index (κ2) is 9.19. The molecule has 3 rings (SSSR count). The summed E-state index contributed by atoms with van der Waals surface area (Å²) in [4.78, 5) is 25.2. The van der Waals surface area contributed by atoms with Crippen LogP contribution >= 0.6 is 11.6 Å². The lowest BCUT2D eigenvalue weighted by Crippen LogP contribution is -2.38. The van der Waals surface area contributed by atoms with Crippen LogP contribution in [0.15, 0.2) is 36.4 Å². The number of nitrogens with one attached hydrogen (secondary N) is 1. The second-order valence-corrected chi connectivity index (χ2v) is 7.29. The molecule has 0 radical (unpaired) electrons. The summed E-state index contributed by atoms with van der Waals surface area (Å²) in [6.45, 7) is 1.63. The Hall–Kier alpha value is -2.71. The number of hydrogen-bond acceptors (Lipinski definition) is 5. The van der Waals surface area contributed by atoms with E-state index < -0.39 is 4.92 Å². The van der Waals surface area contributed by atoms with Crippen molar-refractivity contribution in [1.82, 2.24) is 4.90 Å². The third-order valence-corrected chi connectivity index (χ3v) is 5.41. The maximum Gasteiger partial charge on any atom is 0.271 e. The average Bonchev–Trinajstić information content (AvgIpc) is 2.71. The topological polar surface area (TPSA) is 84.7 Å². The van der Waals surface area contributed by atoms with E-state index in [1.54, 1.807) is 12.1 Å². The minimum absolute atomic E-state index is 0.127. The van der Waals surface area contributed by atoms with Crippen molar-refractivity contribution < 1.29 is 18.8 Å². The molecule has 154 valence electrons. The van der Waals surface area contributed by atoms with E-state index in [-0.39, 0.29) is 29.0 Å². The van der Waals surface area contributed by atoms with Crippen LogP contribution in [0.25, 0.3) is 0 Å². The first-order valence-electron chi connectivity index (χ1n) is 9.17. The number of ether oxygens (including phenoxy) is 1. The molecule has 0 aromatic heterocycles. The predicted octanol–water partition coefficient (Wildman–Crippen LogP) is 4.25. The molecule has 1 fully saturated rings. The lowest BCUT2D eigenvalue weighted by Gasteiger charge is -2.31. The number of methoxy groups -OCH3 is 1. The summed E-state index contributed by atoms with van der Waals surface area (Å²) in [6, 6.07) is 8.67. The number of hydrogen-bond donors (Lipinski definition) is 1. The van der Waals surface area contributed by atoms with Crippen molar-refractivity contribution in [2.75, 3.05) is 25.5 Å². The summed E-state index contributed by atoms with van der Waals surface area (Å²) in [5.74, 6) is -0.440. The molecular formula is C20H21ClFN3O4. The molecule has 0 bridgehead atoms. The molecular weight excluding hydrogens is 401 g/mol. The van der Waals surface area contributed by atoms with Crippen LogP contribution in [0.1, 0.15) is 18.4 Å². The van der Waals surface area contributed by atoms with Gasteiger partial charge in [-0.15, -0.1) is 0 Å². The molecule has 0 aliphatic carbocycles. The summed E-state index contributed by atoms with van der Waals surface area (Å²) in [6.07, 6.45) is 1.18. The summed E-state index contributed by atoms with van der Waals surface area (Å²) in [5.41, 5.74) is 0.600. The summed E-state index contributed by atoms with van der Waals surface area (Å²) < 4.78 is 19.2. The number of nitro groups is 1. The minimum atomic E-state index is -0.526. The van der Waals surface area contributed by atoms with Crippen molar-refractivity contribution in [3.63, 3.8) is 0 Å². The fourth-order valence-electron chi connectivity index (χ4n) is 3.40. The van der Waals surface area contributed by atoms with E-state index in [2.05, 4.69) is 10.2 Å². The molecule has 29 heavy (non-hydrogen) atoms. The van der Waals surface area contributed by atoms with Gasteiger partial charge in [0.15, 0.2) is 0 Å². The Bertz CT molecular complexity index is 896. The number of non-ortho nitro benzene ring substituents is 1. The zero-order valence-corrected chi connectivity index (χ0v) is 16.6. The Morgan fingerprint density at radius 1 is 1.34 bits per heavy atom. The Labute approximate surface area is 172 Å². The fourth-order valence-corrected chi connectivity index (χ4v) is 3.63. The number of nitrogens with zero attached hydrogens (tertiary/aromatic N) is 2. The van der Waals surface area contributed by atoms with Crippen molar-refractivity contribution in [3.8, 4) is 5.75 Å². The molecule has 1 aliphatic rings. The van der Waals surface area contributed by atoms with E-state index >= 15 is 0 Å². The highest BCUT2D eigenvalue weighted by atomic mass is 35.5. The van der Waals surface area contributed by atoms with Gasteiger partial charge in [-0.25, -0.2) is 4.39 Å². The smallest absolute Gasteiger partial charge is 0.271 e. The largest absolute Gasteiger partial charge is 0.495 e. The number of carbonyl (C=O) groups excluding carboxylic acids is 1. The van der Waals surface area contributed by atoms with E-state index in [0.717, 1.165) is 0 Å². The summed E-state index contributed by atoms with van der Waals surface area (Å²) >= 11 is 6.09. The van der Waals surface area contributed by atoms with Gasteiger partial charge in [0.1, 0.15) is 11.6 Å². The van der Waals surface area contributed by atoms with Crippen LogP contribution in [0.3, 0.4) is 0 Å². The zero-order chi connectivity index (χ0) is 21.0. The highest BCUT2D eigenvalue weighted by molar-refractivity contribution is 6.31. The Balaban J connectivity index is 1.61. The highest BCUT2D eigenvalue weighted by Gasteiger charge is 2.27. The first kappa shape index (κ1) is 21.0. The van der Waals surface area contributed by atoms with Gasteiger partial charge in [0.2, 0.25) is 5.91 Å². The fraction of sp³-hybridized carbons (Fsp3) is 0.350. The molecule has 9 heteroatoms. The number of piperidine rings is 1. The van der Waals surface area contributed by atoms with Gasteiger partial charge in [-0.2, -0.15) is 0 Å². The molecule has 0 spiro atoms. The predicted molar refractivity (Wildman–Crippen MR) is 108 cm³/mol. The highest BCUT2D eigenvalue weighted by Crippen LogP contribution is 2.30. The van der Waals surface area contributed by atoms with Gasteiger partial charge < -0.3 is 10.1 Å². The van der Waals surface area contributed by atoms with Crippen molar-refractivity contribution in [2.45, 2.75) is 19.4 Å². The molecule has 2 aromatic rings. The number of anilines is 1. The Kier molecular flexibility index (Phi) is 6.66. The van der Waals surface area contributed by atoms with E-state index in [1.165, 1.54) is 31.4 Å². The second-order valence-electron chi connectivity index (χ2n) is 6.88. The quantitative estimate of drug-likeness (QED) is 0.556. The normalized spacial score (nSPS) is 15.1. The molecule has 0 atom stereocenters. The molecule has 1 heterocycles. The maximum absolute atomic E-state index is 14.0. The molecule has 0 saturated carbocycles. The third kappa shape index (κ3) is 5.02. The van der Waals surface area contributed by atoms with Crippen LogP contribution < -0.4 is 10.1 Å². The van der Waals surface area contributed by atoms with Gasteiger partial charge in [0.05, 0.1) is 17.7 Å². The maximum atomic E-state index is 14.0. The first-order valence-corrected chi connectivity index (χ1v) is 9.55. The van der Waals surface area contributed by atoms with Gasteiger partial charge in [-0.05, 0) is 44.1 Å². The number of nitro benzene ring substituents is 1. The van der Waals surface area contributed by atoms with Gasteiger partial charge in [-0.3, -0.25) is 19.8 Å². The van der Waals surface area contributed by atoms with Crippen LogP contribution in [-0.4, -0.2) is 35.9 Å². The molecule has 7 nitrogen and oxygen atoms in total. The number of amides is 1. The molecule has 2 aromatic carbocycles. The van der Waals surface area contributed by atoms with Gasteiger partial charge in [0, 0.05) is 35.2 Å². The SMILES string of the molecule is COc1ccc([N+](=O)[O-])cc1NC(=O)C1CCN(Cc2c(F)cccc2Cl)CC1. The van der Waals surface area contributed by atoms with Crippen molar-refractivity contribution in [1.29, 1.82) is 0 Å². The lowest BCUT2D eigenvalue weighted by atomic mass is 9.95. The number of carbonyl (C=O) groups is 1. The summed E-state index contributed by atoms with van der Waals surface area (Å²) in [5, 5.41) is 14.1. The van der Waals surface area contributed by atoms with Crippen LogP contribution in [0.2, 0.25) is 5.02 Å². The van der Waals surface area contributed by atoms with E-state index in [0.29, 0.717) is 48.8 Å². The molecule has 1 N–H and O–H groups in total. The van der Waals surface area contributed by atoms with E-state index in [9.17, 15) is 19.3 Å². The summed E-state index contributed by atoms with van der Waals surface area (Å²) in [7, 11) is 1.43. The van der Waals surface area contributed by atoms with Crippen molar-refractivity contribution in [3.05, 3.63) is 62.9 Å². The van der Waals surface area contributed by atoms with Gasteiger partial charge in [0.25, 0.3) is 5.69 Å². The van der Waals surface area contributed by atoms with Crippen LogP contribution in [0.5, 0.6) is 5.75 Å². The van der Waals surface area contributed by atoms with Crippen LogP contribution in [0.4, 0.5) is 15.8 Å². The van der Waals surface area contributed by atoms with Crippen LogP contribution in [0, 0.1) is 21.8 Å². The number of halogens is 2. The lowest BCUT2D eigenvalue weighted by molar-refractivity contribution is -0.384. The Morgan fingerprint density at radius 3 is 2.69 bits per heavy atom. The van der Waals surface area contributed by atoms with Gasteiger partial charge in [-0.1, -0.05) is 17.7 Å². The monoisotopic (exact) mass is 421 g/mol. The minimum Gasteiger partial charge on any atom is -0.495 e. The van der Waals surface area contributed by atoms with E-state index in [1.807, 2.05) is 0 Å². The van der Waals surface area contributed by atoms with Gasteiger partial charge >= 0.3 is 0 Å². The number of rotatable bonds is 6. The Morgan fingerprint density at radius 2 is 2.07 bits per heavy atom. The molecule has 1 aliphatic heterocycles. The molecule has 1 amide bonds. The first-order chi connectivity index (χ1) is 13.9. The molecule has 0 unspecified atom stereocenters. The molecule has 1 saturated heterocycles. The third-order valence-electron chi connectivity index (χ3n) is 5.05. The van der Waals surface area contributed by atoms with Crippen molar-refractivity contribution >= 4 is 28.9 Å². The average molecular weight is 422 g/mol. The standard InChI is InChI=1S/C20H21ClFN3O4/c1-29-19-6-5-14(25(27)28)11-18(19)23-20(26)13-7-9-24(10-8-13)12-15-16(21)3-2-4-17(15)22/h2-6,11,13H,7-10,12H2,1H3,(H,23,26). The van der Waals surface area contributed by atoms with Crippen LogP contribution in [-0.2, 0) is 11.3 Å². The number of benzene rings is 2. The zero-order valence-electron chi connectivity index (χ0n) is 15.9.